The molecule has 4 heteroatoms. The first kappa shape index (κ1) is 12.9. The minimum Gasteiger partial charge on any atom is -0.372 e. The van der Waals surface area contributed by atoms with Gasteiger partial charge in [-0.05, 0) is 20.3 Å². The largest absolute Gasteiger partial charge is 0.372 e. The van der Waals surface area contributed by atoms with E-state index in [9.17, 15) is 4.79 Å². The second-order valence-electron chi connectivity index (χ2n) is 3.23. The van der Waals surface area contributed by atoms with Crippen molar-refractivity contribution in [1.29, 1.82) is 0 Å². The summed E-state index contributed by atoms with van der Waals surface area (Å²) in [6.07, 6.45) is 0.899. The van der Waals surface area contributed by atoms with E-state index in [4.69, 9.17) is 4.74 Å². The van der Waals surface area contributed by atoms with Gasteiger partial charge in [0.2, 0.25) is 5.91 Å². The Balaban J connectivity index is 3.87. The summed E-state index contributed by atoms with van der Waals surface area (Å²) < 4.78 is 5.00. The zero-order valence-electron chi connectivity index (χ0n) is 8.52. The third-order valence-corrected chi connectivity index (χ3v) is 3.19. The summed E-state index contributed by atoms with van der Waals surface area (Å²) in [5.41, 5.74) is -0.159. The lowest BCUT2D eigenvalue weighted by Gasteiger charge is -2.27. The van der Waals surface area contributed by atoms with Crippen LogP contribution in [0, 0.1) is 0 Å². The van der Waals surface area contributed by atoms with Gasteiger partial charge >= 0.3 is 0 Å². The van der Waals surface area contributed by atoms with Gasteiger partial charge < -0.3 is 10.1 Å². The fraction of sp³-hybridized carbons (Fsp3) is 0.889. The third kappa shape index (κ3) is 5.26. The lowest BCUT2D eigenvalue weighted by Crippen LogP contribution is -2.48. The molecule has 1 amide bonds. The molecule has 13 heavy (non-hydrogen) atoms. The molecule has 0 aromatic carbocycles. The first-order valence-electron chi connectivity index (χ1n) is 4.52. The summed E-state index contributed by atoms with van der Waals surface area (Å²) >= 11 is 3.37. The number of halogens is 1. The molecule has 0 bridgehead atoms. The molecule has 0 aliphatic carbocycles. The van der Waals surface area contributed by atoms with Gasteiger partial charge in [-0.25, -0.2) is 0 Å². The third-order valence-electron chi connectivity index (χ3n) is 1.95. The first-order chi connectivity index (χ1) is 6.08. The second kappa shape index (κ2) is 6.38. The number of carbonyl (C=O) groups is 1. The highest BCUT2D eigenvalue weighted by Crippen LogP contribution is 2.11. The first-order valence-corrected chi connectivity index (χ1v) is 5.65. The van der Waals surface area contributed by atoms with Crippen LogP contribution in [0.3, 0.4) is 0 Å². The molecule has 0 fully saturated rings. The van der Waals surface area contributed by atoms with E-state index >= 15 is 0 Å². The van der Waals surface area contributed by atoms with E-state index in [1.54, 1.807) is 0 Å². The Morgan fingerprint density at radius 3 is 2.54 bits per heavy atom. The Bertz CT molecular complexity index is 158. The average Bonchev–Trinajstić information content (AvgIpc) is 2.14. The topological polar surface area (TPSA) is 38.3 Å². The number of rotatable bonds is 6. The fourth-order valence-corrected chi connectivity index (χ4v) is 1.32. The summed E-state index contributed by atoms with van der Waals surface area (Å²) in [5.74, 6) is -0.0503. The van der Waals surface area contributed by atoms with Crippen molar-refractivity contribution < 1.29 is 9.53 Å². The van der Waals surface area contributed by atoms with Crippen LogP contribution in [0.2, 0.25) is 0 Å². The quantitative estimate of drug-likeness (QED) is 0.731. The van der Waals surface area contributed by atoms with Crippen molar-refractivity contribution in [2.45, 2.75) is 32.7 Å². The number of alkyl halides is 1. The van der Waals surface area contributed by atoms with E-state index in [1.807, 2.05) is 20.8 Å². The molecule has 0 saturated carbocycles. The molecular formula is C9H18BrNO2. The van der Waals surface area contributed by atoms with Gasteiger partial charge in [0, 0.05) is 17.5 Å². The lowest BCUT2D eigenvalue weighted by molar-refractivity contribution is -0.127. The predicted octanol–water partition coefficient (Wildman–Crippen LogP) is 1.70. The Labute approximate surface area is 88.4 Å². The SMILES string of the molecule is CCOCC(=O)NC(C)(CC)CBr. The van der Waals surface area contributed by atoms with Crippen LogP contribution in [-0.4, -0.2) is 30.0 Å². The molecular weight excluding hydrogens is 234 g/mol. The van der Waals surface area contributed by atoms with E-state index in [-0.39, 0.29) is 18.1 Å². The molecule has 3 nitrogen and oxygen atoms in total. The molecule has 0 radical (unpaired) electrons. The van der Waals surface area contributed by atoms with Gasteiger partial charge in [0.15, 0.2) is 0 Å². The van der Waals surface area contributed by atoms with Crippen LogP contribution in [0.25, 0.3) is 0 Å². The van der Waals surface area contributed by atoms with Crippen LogP contribution in [0.15, 0.2) is 0 Å². The van der Waals surface area contributed by atoms with Crippen molar-refractivity contribution in [3.05, 3.63) is 0 Å². The Hall–Kier alpha value is -0.0900. The zero-order valence-corrected chi connectivity index (χ0v) is 10.1. The summed E-state index contributed by atoms with van der Waals surface area (Å²) in [6.45, 7) is 6.65. The molecule has 1 unspecified atom stereocenters. The van der Waals surface area contributed by atoms with Crippen LogP contribution in [0.5, 0.6) is 0 Å². The van der Waals surface area contributed by atoms with Crippen molar-refractivity contribution >= 4 is 21.8 Å². The molecule has 1 atom stereocenters. The van der Waals surface area contributed by atoms with E-state index in [0.29, 0.717) is 6.61 Å². The van der Waals surface area contributed by atoms with Crippen molar-refractivity contribution in [3.8, 4) is 0 Å². The Morgan fingerprint density at radius 1 is 1.54 bits per heavy atom. The van der Waals surface area contributed by atoms with Gasteiger partial charge in [0.25, 0.3) is 0 Å². The summed E-state index contributed by atoms with van der Waals surface area (Å²) in [4.78, 5) is 11.3. The van der Waals surface area contributed by atoms with Gasteiger partial charge in [-0.15, -0.1) is 0 Å². The molecule has 1 N–H and O–H groups in total. The maximum absolute atomic E-state index is 11.3. The van der Waals surface area contributed by atoms with Crippen molar-refractivity contribution in [2.75, 3.05) is 18.5 Å². The minimum absolute atomic E-state index is 0.0503. The molecule has 0 aromatic rings. The van der Waals surface area contributed by atoms with Crippen LogP contribution >= 0.6 is 15.9 Å². The van der Waals surface area contributed by atoms with Gasteiger partial charge in [0.1, 0.15) is 6.61 Å². The molecule has 0 aliphatic heterocycles. The second-order valence-corrected chi connectivity index (χ2v) is 3.79. The van der Waals surface area contributed by atoms with Gasteiger partial charge in [0.05, 0.1) is 0 Å². The average molecular weight is 252 g/mol. The van der Waals surface area contributed by atoms with Crippen molar-refractivity contribution in [1.82, 2.24) is 5.32 Å². The number of nitrogens with one attached hydrogen (secondary N) is 1. The van der Waals surface area contributed by atoms with Crippen LogP contribution in [0.4, 0.5) is 0 Å². The predicted molar refractivity (Wildman–Crippen MR) is 57.1 cm³/mol. The van der Waals surface area contributed by atoms with Gasteiger partial charge in [-0.3, -0.25) is 4.79 Å². The molecule has 0 spiro atoms. The van der Waals surface area contributed by atoms with E-state index in [1.165, 1.54) is 0 Å². The number of carbonyl (C=O) groups excluding carboxylic acids is 1. The molecule has 0 aromatic heterocycles. The highest BCUT2D eigenvalue weighted by Gasteiger charge is 2.22. The summed E-state index contributed by atoms with van der Waals surface area (Å²) in [6, 6.07) is 0. The van der Waals surface area contributed by atoms with Crippen LogP contribution in [-0.2, 0) is 9.53 Å². The molecule has 0 aliphatic rings. The van der Waals surface area contributed by atoms with Crippen molar-refractivity contribution in [3.63, 3.8) is 0 Å². The zero-order chi connectivity index (χ0) is 10.3. The number of ether oxygens (including phenoxy) is 1. The Morgan fingerprint density at radius 2 is 2.15 bits per heavy atom. The van der Waals surface area contributed by atoms with E-state index < -0.39 is 0 Å². The molecule has 0 saturated heterocycles. The summed E-state index contributed by atoms with van der Waals surface area (Å²) in [7, 11) is 0. The molecule has 0 heterocycles. The van der Waals surface area contributed by atoms with E-state index in [0.717, 1.165) is 11.8 Å². The minimum atomic E-state index is -0.159. The number of hydrogen-bond donors (Lipinski definition) is 1. The van der Waals surface area contributed by atoms with Gasteiger partial charge in [-0.2, -0.15) is 0 Å². The standard InChI is InChI=1S/C9H18BrNO2/c1-4-9(3,7-10)11-8(12)6-13-5-2/h4-7H2,1-3H3,(H,11,12). The highest BCUT2D eigenvalue weighted by atomic mass is 79.9. The fourth-order valence-electron chi connectivity index (χ4n) is 0.784. The Kier molecular flexibility index (Phi) is 6.33. The number of amides is 1. The maximum Gasteiger partial charge on any atom is 0.246 e. The lowest BCUT2D eigenvalue weighted by atomic mass is 10.0. The van der Waals surface area contributed by atoms with Crippen LogP contribution < -0.4 is 5.32 Å². The smallest absolute Gasteiger partial charge is 0.246 e. The number of hydrogen-bond acceptors (Lipinski definition) is 2. The summed E-state index contributed by atoms with van der Waals surface area (Å²) in [5, 5.41) is 3.68. The molecule has 0 rings (SSSR count). The normalized spacial score (nSPS) is 15.1. The van der Waals surface area contributed by atoms with Gasteiger partial charge in [-0.1, -0.05) is 22.9 Å². The van der Waals surface area contributed by atoms with Crippen molar-refractivity contribution in [2.24, 2.45) is 0 Å². The van der Waals surface area contributed by atoms with E-state index in [2.05, 4.69) is 21.2 Å². The monoisotopic (exact) mass is 251 g/mol. The molecule has 78 valence electrons. The highest BCUT2D eigenvalue weighted by molar-refractivity contribution is 9.09. The van der Waals surface area contributed by atoms with Crippen LogP contribution in [0.1, 0.15) is 27.2 Å². The maximum atomic E-state index is 11.3.